The first-order chi connectivity index (χ1) is 6.76. The molecule has 2 N–H and O–H groups in total. The fourth-order valence-electron chi connectivity index (χ4n) is 1.77. The van der Waals surface area contributed by atoms with E-state index in [4.69, 9.17) is 4.74 Å². The summed E-state index contributed by atoms with van der Waals surface area (Å²) in [7, 11) is 2.00. The highest BCUT2D eigenvalue weighted by molar-refractivity contribution is 5.82. The minimum Gasteiger partial charge on any atom is -0.394 e. The van der Waals surface area contributed by atoms with Gasteiger partial charge in [0.05, 0.1) is 25.3 Å². The van der Waals surface area contributed by atoms with Crippen molar-refractivity contribution in [1.29, 1.82) is 0 Å². The summed E-state index contributed by atoms with van der Waals surface area (Å²) in [5, 5.41) is 12.6. The zero-order valence-electron chi connectivity index (χ0n) is 8.49. The second-order valence-electron chi connectivity index (χ2n) is 3.99. The van der Waals surface area contributed by atoms with Crippen LogP contribution in [0.2, 0.25) is 0 Å². The maximum atomic E-state index is 9.35. The zero-order chi connectivity index (χ0) is 10.0. The number of hydrogen-bond acceptors (Lipinski definition) is 5. The first kappa shape index (κ1) is 9.73. The van der Waals surface area contributed by atoms with Crippen LogP contribution in [-0.4, -0.2) is 61.5 Å². The zero-order valence-corrected chi connectivity index (χ0v) is 8.49. The smallest absolute Gasteiger partial charge is 0.194 e. The third kappa shape index (κ3) is 1.69. The molecule has 2 aliphatic heterocycles. The molecule has 0 bridgehead atoms. The lowest BCUT2D eigenvalue weighted by molar-refractivity contribution is 0.131. The number of likely N-dealkylation sites (N-methyl/N-ethyl adjacent to an activating group) is 1. The second-order valence-corrected chi connectivity index (χ2v) is 3.99. The Morgan fingerprint density at radius 1 is 1.71 bits per heavy atom. The van der Waals surface area contributed by atoms with Gasteiger partial charge in [0, 0.05) is 20.2 Å². The van der Waals surface area contributed by atoms with Gasteiger partial charge in [0.15, 0.2) is 5.96 Å². The van der Waals surface area contributed by atoms with Crippen molar-refractivity contribution < 1.29 is 9.84 Å². The van der Waals surface area contributed by atoms with Crippen LogP contribution < -0.4 is 5.32 Å². The van der Waals surface area contributed by atoms with Gasteiger partial charge < -0.3 is 20.1 Å². The van der Waals surface area contributed by atoms with Gasteiger partial charge in [0.2, 0.25) is 0 Å². The van der Waals surface area contributed by atoms with Crippen molar-refractivity contribution >= 4 is 5.96 Å². The molecule has 80 valence electrons. The van der Waals surface area contributed by atoms with Gasteiger partial charge in [0.25, 0.3) is 0 Å². The molecule has 1 unspecified atom stereocenters. The van der Waals surface area contributed by atoms with Crippen molar-refractivity contribution in [3.05, 3.63) is 0 Å². The fourth-order valence-corrected chi connectivity index (χ4v) is 1.77. The molecule has 2 rings (SSSR count). The van der Waals surface area contributed by atoms with E-state index in [2.05, 4.69) is 15.2 Å². The molecular weight excluding hydrogens is 182 g/mol. The van der Waals surface area contributed by atoms with Crippen molar-refractivity contribution in [2.75, 3.05) is 40.0 Å². The number of nitrogens with zero attached hydrogens (tertiary/aromatic N) is 2. The lowest BCUT2D eigenvalue weighted by Gasteiger charge is -2.29. The summed E-state index contributed by atoms with van der Waals surface area (Å²) in [5.41, 5.74) is -0.308. The highest BCUT2D eigenvalue weighted by Crippen LogP contribution is 2.18. The number of hydrogen-bond donors (Lipinski definition) is 2. The highest BCUT2D eigenvalue weighted by atomic mass is 16.5. The van der Waals surface area contributed by atoms with Crippen LogP contribution in [0, 0.1) is 0 Å². The molecule has 5 heteroatoms. The Kier molecular flexibility index (Phi) is 2.60. The van der Waals surface area contributed by atoms with E-state index >= 15 is 0 Å². The first-order valence-electron chi connectivity index (χ1n) is 4.98. The van der Waals surface area contributed by atoms with E-state index in [1.165, 1.54) is 0 Å². The molecule has 0 amide bonds. The summed E-state index contributed by atoms with van der Waals surface area (Å²) < 4.78 is 5.30. The summed E-state index contributed by atoms with van der Waals surface area (Å²) >= 11 is 0. The minimum absolute atomic E-state index is 0.0971. The Morgan fingerprint density at radius 2 is 2.57 bits per heavy atom. The van der Waals surface area contributed by atoms with E-state index in [0.29, 0.717) is 13.2 Å². The molecular formula is C9H17N3O2. The molecule has 14 heavy (non-hydrogen) atoms. The summed E-state index contributed by atoms with van der Waals surface area (Å²) in [6, 6.07) is 0. The molecule has 0 aromatic rings. The average molecular weight is 199 g/mol. The van der Waals surface area contributed by atoms with Crippen LogP contribution in [0.4, 0.5) is 0 Å². The Hall–Kier alpha value is -0.810. The summed E-state index contributed by atoms with van der Waals surface area (Å²) in [6.45, 7) is 3.16. The molecule has 1 fully saturated rings. The van der Waals surface area contributed by atoms with Crippen molar-refractivity contribution in [3.8, 4) is 0 Å². The molecule has 0 aromatic carbocycles. The Bertz CT molecular complexity index is 236. The van der Waals surface area contributed by atoms with Gasteiger partial charge in [0.1, 0.15) is 0 Å². The van der Waals surface area contributed by atoms with Crippen molar-refractivity contribution in [1.82, 2.24) is 10.2 Å². The van der Waals surface area contributed by atoms with Crippen molar-refractivity contribution in [2.45, 2.75) is 12.0 Å². The lowest BCUT2D eigenvalue weighted by atomic mass is 10.0. The van der Waals surface area contributed by atoms with Crippen LogP contribution in [-0.2, 0) is 4.74 Å². The van der Waals surface area contributed by atoms with Crippen LogP contribution in [0.5, 0.6) is 0 Å². The molecule has 1 saturated heterocycles. The van der Waals surface area contributed by atoms with Gasteiger partial charge in [-0.25, -0.2) is 0 Å². The van der Waals surface area contributed by atoms with Crippen LogP contribution in [0.15, 0.2) is 4.99 Å². The van der Waals surface area contributed by atoms with E-state index in [0.717, 1.165) is 25.5 Å². The third-order valence-corrected chi connectivity index (χ3v) is 2.84. The number of ether oxygens (including phenoxy) is 1. The number of aliphatic hydroxyl groups is 1. The average Bonchev–Trinajstić information content (AvgIpc) is 2.79. The standard InChI is InChI=1S/C9H17N3O2/c1-12-4-3-10-8(12)11-9(6-13)2-5-14-7-9/h13H,2-7H2,1H3,(H,10,11). The Morgan fingerprint density at radius 3 is 3.07 bits per heavy atom. The number of rotatable bonds is 2. The molecule has 2 aliphatic rings. The van der Waals surface area contributed by atoms with E-state index in [1.54, 1.807) is 0 Å². The largest absolute Gasteiger partial charge is 0.394 e. The predicted octanol–water partition coefficient (Wildman–Crippen LogP) is -0.971. The van der Waals surface area contributed by atoms with Crippen LogP contribution in [0.3, 0.4) is 0 Å². The first-order valence-corrected chi connectivity index (χ1v) is 4.98. The molecule has 0 saturated carbocycles. The Labute approximate surface area is 83.8 Å². The Balaban J connectivity index is 2.00. The number of nitrogens with one attached hydrogen (secondary N) is 1. The number of aliphatic imine (C=N–C) groups is 1. The predicted molar refractivity (Wildman–Crippen MR) is 53.3 cm³/mol. The molecule has 0 spiro atoms. The topological polar surface area (TPSA) is 57.1 Å². The van der Waals surface area contributed by atoms with E-state index in [-0.39, 0.29) is 12.1 Å². The van der Waals surface area contributed by atoms with E-state index in [9.17, 15) is 5.11 Å². The van der Waals surface area contributed by atoms with Crippen LogP contribution in [0.1, 0.15) is 6.42 Å². The van der Waals surface area contributed by atoms with Gasteiger partial charge in [-0.1, -0.05) is 0 Å². The van der Waals surface area contributed by atoms with Gasteiger partial charge in [-0.15, -0.1) is 0 Å². The van der Waals surface area contributed by atoms with Crippen LogP contribution in [0.25, 0.3) is 0 Å². The quantitative estimate of drug-likeness (QED) is 0.601. The highest BCUT2D eigenvalue weighted by Gasteiger charge is 2.36. The van der Waals surface area contributed by atoms with Crippen molar-refractivity contribution in [2.24, 2.45) is 4.99 Å². The fraction of sp³-hybridized carbons (Fsp3) is 0.889. The number of aliphatic hydroxyl groups excluding tert-OH is 1. The maximum Gasteiger partial charge on any atom is 0.194 e. The third-order valence-electron chi connectivity index (χ3n) is 2.84. The molecule has 5 nitrogen and oxygen atoms in total. The molecule has 0 radical (unpaired) electrons. The van der Waals surface area contributed by atoms with Gasteiger partial charge >= 0.3 is 0 Å². The monoisotopic (exact) mass is 199 g/mol. The van der Waals surface area contributed by atoms with E-state index < -0.39 is 0 Å². The van der Waals surface area contributed by atoms with Gasteiger partial charge in [-0.2, -0.15) is 0 Å². The summed E-state index contributed by atoms with van der Waals surface area (Å²) in [4.78, 5) is 6.40. The second kappa shape index (κ2) is 3.74. The van der Waals surface area contributed by atoms with E-state index in [1.807, 2.05) is 7.05 Å². The van der Waals surface area contributed by atoms with Gasteiger partial charge in [-0.05, 0) is 6.42 Å². The minimum atomic E-state index is -0.308. The normalized spacial score (nSPS) is 32.1. The van der Waals surface area contributed by atoms with Crippen molar-refractivity contribution in [3.63, 3.8) is 0 Å². The summed E-state index contributed by atoms with van der Waals surface area (Å²) in [5.74, 6) is 0.879. The molecule has 2 heterocycles. The summed E-state index contributed by atoms with van der Waals surface area (Å²) in [6.07, 6.45) is 0.844. The molecule has 0 aliphatic carbocycles. The SMILES string of the molecule is CN1CCN=C1NC1(CO)CCOC1. The molecule has 1 atom stereocenters. The van der Waals surface area contributed by atoms with Crippen LogP contribution >= 0.6 is 0 Å². The number of guanidine groups is 1. The molecule has 0 aromatic heterocycles. The lowest BCUT2D eigenvalue weighted by Crippen LogP contribution is -2.55. The maximum absolute atomic E-state index is 9.35. The van der Waals surface area contributed by atoms with Gasteiger partial charge in [-0.3, -0.25) is 4.99 Å².